The first-order chi connectivity index (χ1) is 7.06. The maximum Gasteiger partial charge on any atom is 0.307 e. The summed E-state index contributed by atoms with van der Waals surface area (Å²) in [6.07, 6.45) is -0.429. The number of morpholine rings is 1. The summed E-state index contributed by atoms with van der Waals surface area (Å²) >= 11 is 0. The van der Waals surface area contributed by atoms with Crippen molar-refractivity contribution in [2.75, 3.05) is 19.7 Å². The number of carboxylic acids is 1. The molecule has 3 unspecified atom stereocenters. The van der Waals surface area contributed by atoms with Crippen molar-refractivity contribution in [2.24, 2.45) is 5.92 Å². The molecule has 1 rings (SSSR count). The molecule has 1 saturated heterocycles. The van der Waals surface area contributed by atoms with Gasteiger partial charge < -0.3 is 9.84 Å². The zero-order chi connectivity index (χ0) is 11.4. The van der Waals surface area contributed by atoms with Crippen LogP contribution in [0, 0.1) is 17.2 Å². The van der Waals surface area contributed by atoms with Crippen LogP contribution in [-0.2, 0) is 9.53 Å². The molecule has 0 radical (unpaired) electrons. The molecule has 15 heavy (non-hydrogen) atoms. The fourth-order valence-electron chi connectivity index (χ4n) is 1.64. The van der Waals surface area contributed by atoms with Gasteiger partial charge in [0.25, 0.3) is 0 Å². The van der Waals surface area contributed by atoms with Crippen LogP contribution in [-0.4, -0.2) is 47.8 Å². The van der Waals surface area contributed by atoms with Crippen molar-refractivity contribution in [2.45, 2.75) is 26.0 Å². The predicted octanol–water partition coefficient (Wildman–Crippen LogP) is 0.320. The second-order valence-electron chi connectivity index (χ2n) is 3.85. The molecular weight excluding hydrogens is 196 g/mol. The topological polar surface area (TPSA) is 73.6 Å². The average Bonchev–Trinajstić information content (AvgIpc) is 2.27. The summed E-state index contributed by atoms with van der Waals surface area (Å²) in [6.45, 7) is 5.24. The number of hydrogen-bond donors (Lipinski definition) is 1. The molecule has 1 fully saturated rings. The molecule has 3 atom stereocenters. The van der Waals surface area contributed by atoms with Crippen molar-refractivity contribution in [1.29, 1.82) is 5.26 Å². The van der Waals surface area contributed by atoms with Crippen molar-refractivity contribution in [1.82, 2.24) is 4.90 Å². The summed E-state index contributed by atoms with van der Waals surface area (Å²) in [6, 6.07) is 1.98. The smallest absolute Gasteiger partial charge is 0.307 e. The minimum absolute atomic E-state index is 0.0674. The zero-order valence-electron chi connectivity index (χ0n) is 9.01. The van der Waals surface area contributed by atoms with E-state index in [4.69, 9.17) is 15.1 Å². The quantitative estimate of drug-likeness (QED) is 0.729. The Labute approximate surface area is 89.2 Å². The minimum atomic E-state index is -0.803. The fraction of sp³-hybridized carbons (Fsp3) is 0.800. The van der Waals surface area contributed by atoms with E-state index in [-0.39, 0.29) is 6.04 Å². The van der Waals surface area contributed by atoms with Gasteiger partial charge in [0, 0.05) is 19.1 Å². The van der Waals surface area contributed by atoms with Crippen molar-refractivity contribution in [3.8, 4) is 6.07 Å². The van der Waals surface area contributed by atoms with Gasteiger partial charge in [0.2, 0.25) is 0 Å². The van der Waals surface area contributed by atoms with Gasteiger partial charge in [-0.2, -0.15) is 5.26 Å². The first-order valence-electron chi connectivity index (χ1n) is 5.04. The van der Waals surface area contributed by atoms with E-state index in [2.05, 4.69) is 0 Å². The van der Waals surface area contributed by atoms with Crippen LogP contribution >= 0.6 is 0 Å². The zero-order valence-corrected chi connectivity index (χ0v) is 9.01. The van der Waals surface area contributed by atoms with Crippen LogP contribution < -0.4 is 0 Å². The summed E-state index contributed by atoms with van der Waals surface area (Å²) in [7, 11) is 0. The third kappa shape index (κ3) is 2.91. The normalized spacial score (nSPS) is 26.6. The SMILES string of the molecule is CC(C(=O)O)C(C)N1CCOC(C#N)C1. The van der Waals surface area contributed by atoms with Crippen LogP contribution in [0.1, 0.15) is 13.8 Å². The molecule has 1 heterocycles. The number of ether oxygens (including phenoxy) is 1. The lowest BCUT2D eigenvalue weighted by Gasteiger charge is -2.36. The van der Waals surface area contributed by atoms with E-state index in [1.165, 1.54) is 0 Å². The van der Waals surface area contributed by atoms with Crippen molar-refractivity contribution < 1.29 is 14.6 Å². The molecule has 5 heteroatoms. The molecule has 1 aliphatic rings. The van der Waals surface area contributed by atoms with E-state index in [1.807, 2.05) is 17.9 Å². The van der Waals surface area contributed by atoms with Crippen LogP contribution in [0.3, 0.4) is 0 Å². The molecule has 0 aliphatic carbocycles. The minimum Gasteiger partial charge on any atom is -0.481 e. The molecule has 0 amide bonds. The lowest BCUT2D eigenvalue weighted by atomic mass is 10.0. The number of rotatable bonds is 3. The highest BCUT2D eigenvalue weighted by Gasteiger charge is 2.29. The molecule has 0 aromatic carbocycles. The van der Waals surface area contributed by atoms with Crippen molar-refractivity contribution in [3.05, 3.63) is 0 Å². The lowest BCUT2D eigenvalue weighted by Crippen LogP contribution is -2.49. The summed E-state index contributed by atoms with van der Waals surface area (Å²) in [4.78, 5) is 12.8. The van der Waals surface area contributed by atoms with Crippen LogP contribution in [0.15, 0.2) is 0 Å². The van der Waals surface area contributed by atoms with E-state index in [0.29, 0.717) is 19.7 Å². The average molecular weight is 212 g/mol. The van der Waals surface area contributed by atoms with Gasteiger partial charge in [-0.1, -0.05) is 6.92 Å². The molecule has 0 aromatic heterocycles. The second-order valence-corrected chi connectivity index (χ2v) is 3.85. The number of nitriles is 1. The number of carboxylic acid groups (broad SMARTS) is 1. The molecular formula is C10H16N2O3. The Bertz CT molecular complexity index is 274. The van der Waals surface area contributed by atoms with E-state index in [1.54, 1.807) is 6.92 Å². The first-order valence-corrected chi connectivity index (χ1v) is 5.04. The number of carbonyl (C=O) groups is 1. The molecule has 1 aliphatic heterocycles. The molecule has 84 valence electrons. The molecule has 5 nitrogen and oxygen atoms in total. The number of nitrogens with zero attached hydrogens (tertiary/aromatic N) is 2. The second kappa shape index (κ2) is 5.10. The maximum atomic E-state index is 10.8. The summed E-state index contributed by atoms with van der Waals surface area (Å²) in [5.41, 5.74) is 0. The molecule has 0 spiro atoms. The maximum absolute atomic E-state index is 10.8. The van der Waals surface area contributed by atoms with Gasteiger partial charge in [0.15, 0.2) is 6.10 Å². The Morgan fingerprint density at radius 1 is 1.67 bits per heavy atom. The van der Waals surface area contributed by atoms with Gasteiger partial charge in [-0.3, -0.25) is 9.69 Å². The summed E-state index contributed by atoms with van der Waals surface area (Å²) < 4.78 is 5.20. The van der Waals surface area contributed by atoms with Crippen LogP contribution in [0.25, 0.3) is 0 Å². The van der Waals surface area contributed by atoms with Gasteiger partial charge in [-0.15, -0.1) is 0 Å². The van der Waals surface area contributed by atoms with E-state index >= 15 is 0 Å². The Morgan fingerprint density at radius 2 is 2.33 bits per heavy atom. The predicted molar refractivity (Wildman–Crippen MR) is 53.2 cm³/mol. The highest BCUT2D eigenvalue weighted by Crippen LogP contribution is 2.15. The molecule has 0 aromatic rings. The highest BCUT2D eigenvalue weighted by molar-refractivity contribution is 5.70. The van der Waals surface area contributed by atoms with Gasteiger partial charge in [-0.05, 0) is 6.92 Å². The third-order valence-electron chi connectivity index (χ3n) is 2.93. The molecule has 1 N–H and O–H groups in total. The standard InChI is InChI=1S/C10H16N2O3/c1-7(10(13)14)8(2)12-3-4-15-9(5-11)6-12/h7-9H,3-4,6H2,1-2H3,(H,13,14). The molecule has 0 bridgehead atoms. The molecule has 0 saturated carbocycles. The van der Waals surface area contributed by atoms with E-state index in [0.717, 1.165) is 0 Å². The Balaban J connectivity index is 2.56. The van der Waals surface area contributed by atoms with E-state index < -0.39 is 18.0 Å². The van der Waals surface area contributed by atoms with Crippen LogP contribution in [0.5, 0.6) is 0 Å². The lowest BCUT2D eigenvalue weighted by molar-refractivity contribution is -0.144. The Kier molecular flexibility index (Phi) is 4.06. The fourth-order valence-corrected chi connectivity index (χ4v) is 1.64. The summed E-state index contributed by atoms with van der Waals surface area (Å²) in [5.74, 6) is -1.23. The third-order valence-corrected chi connectivity index (χ3v) is 2.93. The Morgan fingerprint density at radius 3 is 2.87 bits per heavy atom. The van der Waals surface area contributed by atoms with Crippen LogP contribution in [0.4, 0.5) is 0 Å². The van der Waals surface area contributed by atoms with Gasteiger partial charge in [0.05, 0.1) is 18.6 Å². The largest absolute Gasteiger partial charge is 0.481 e. The van der Waals surface area contributed by atoms with Crippen molar-refractivity contribution >= 4 is 5.97 Å². The van der Waals surface area contributed by atoms with Gasteiger partial charge in [-0.25, -0.2) is 0 Å². The Hall–Kier alpha value is -1.12. The number of hydrogen-bond acceptors (Lipinski definition) is 4. The van der Waals surface area contributed by atoms with E-state index in [9.17, 15) is 4.79 Å². The van der Waals surface area contributed by atoms with Gasteiger partial charge in [0.1, 0.15) is 0 Å². The summed E-state index contributed by atoms with van der Waals surface area (Å²) in [5, 5.41) is 17.6. The van der Waals surface area contributed by atoms with Gasteiger partial charge >= 0.3 is 5.97 Å². The van der Waals surface area contributed by atoms with Crippen LogP contribution in [0.2, 0.25) is 0 Å². The highest BCUT2D eigenvalue weighted by atomic mass is 16.5. The number of aliphatic carboxylic acids is 1. The first kappa shape index (κ1) is 12.0. The monoisotopic (exact) mass is 212 g/mol. The van der Waals surface area contributed by atoms with Crippen molar-refractivity contribution in [3.63, 3.8) is 0 Å².